The van der Waals surface area contributed by atoms with E-state index in [0.29, 0.717) is 25.2 Å². The van der Waals surface area contributed by atoms with Gasteiger partial charge in [0, 0.05) is 19.5 Å². The fourth-order valence-electron chi connectivity index (χ4n) is 1.26. The second-order valence-corrected chi connectivity index (χ2v) is 3.50. The molecule has 0 saturated heterocycles. The van der Waals surface area contributed by atoms with Gasteiger partial charge in [0.1, 0.15) is 5.82 Å². The third-order valence-corrected chi connectivity index (χ3v) is 2.16. The van der Waals surface area contributed by atoms with Crippen LogP contribution in [0.4, 0.5) is 11.5 Å². The van der Waals surface area contributed by atoms with Crippen molar-refractivity contribution in [2.24, 2.45) is 0 Å². The lowest BCUT2D eigenvalue weighted by atomic mass is 10.3. The first-order valence-corrected chi connectivity index (χ1v) is 5.37. The fourth-order valence-corrected chi connectivity index (χ4v) is 1.26. The normalized spacial score (nSPS) is 9.88. The zero-order chi connectivity index (χ0) is 12.0. The van der Waals surface area contributed by atoms with Crippen LogP contribution in [-0.4, -0.2) is 24.0 Å². The molecular weight excluding hydrogens is 204 g/mol. The predicted octanol–water partition coefficient (Wildman–Crippen LogP) is 0.910. The number of nitrogen functional groups attached to an aromatic ring is 1. The number of rotatable bonds is 5. The van der Waals surface area contributed by atoms with Crippen LogP contribution >= 0.6 is 0 Å². The minimum atomic E-state index is 0.0437. The minimum absolute atomic E-state index is 0.0437. The van der Waals surface area contributed by atoms with Gasteiger partial charge < -0.3 is 16.4 Å². The maximum absolute atomic E-state index is 11.2. The molecule has 0 saturated carbocycles. The summed E-state index contributed by atoms with van der Waals surface area (Å²) in [5.74, 6) is 0.790. The van der Waals surface area contributed by atoms with Gasteiger partial charge in [0.2, 0.25) is 5.91 Å². The van der Waals surface area contributed by atoms with E-state index in [-0.39, 0.29) is 5.91 Å². The number of hydrogen-bond acceptors (Lipinski definition) is 4. The molecule has 0 atom stereocenters. The van der Waals surface area contributed by atoms with E-state index in [1.54, 1.807) is 12.1 Å². The summed E-state index contributed by atoms with van der Waals surface area (Å²) < 4.78 is 0. The molecule has 1 aromatic heterocycles. The van der Waals surface area contributed by atoms with Crippen molar-refractivity contribution in [1.29, 1.82) is 0 Å². The zero-order valence-electron chi connectivity index (χ0n) is 9.71. The second-order valence-electron chi connectivity index (χ2n) is 3.50. The summed E-state index contributed by atoms with van der Waals surface area (Å²) in [6.45, 7) is 4.99. The molecular formula is C11H18N4O. The number of amides is 1. The van der Waals surface area contributed by atoms with E-state index in [2.05, 4.69) is 15.6 Å². The van der Waals surface area contributed by atoms with E-state index < -0.39 is 0 Å². The third-order valence-electron chi connectivity index (χ3n) is 2.16. The number of nitrogens with two attached hydrogens (primary N) is 1. The number of pyridine rings is 1. The number of aryl methyl sites for hydroxylation is 1. The monoisotopic (exact) mass is 222 g/mol. The van der Waals surface area contributed by atoms with Crippen LogP contribution in [0.25, 0.3) is 0 Å². The van der Waals surface area contributed by atoms with E-state index in [1.807, 2.05) is 13.8 Å². The van der Waals surface area contributed by atoms with E-state index >= 15 is 0 Å². The molecule has 0 unspecified atom stereocenters. The lowest BCUT2D eigenvalue weighted by molar-refractivity contribution is -0.120. The van der Waals surface area contributed by atoms with Crippen LogP contribution in [0, 0.1) is 6.92 Å². The Morgan fingerprint density at radius 3 is 2.88 bits per heavy atom. The van der Waals surface area contributed by atoms with Crippen molar-refractivity contribution < 1.29 is 4.79 Å². The largest absolute Gasteiger partial charge is 0.397 e. The standard InChI is InChI=1S/C11H18N4O/c1-3-13-11(16)6-7-14-10-5-4-9(12)8(2)15-10/h4-5H,3,6-7,12H2,1-2H3,(H,13,16)(H,14,15). The Kier molecular flexibility index (Phi) is 4.57. The van der Waals surface area contributed by atoms with E-state index in [1.165, 1.54) is 0 Å². The Bertz CT molecular complexity index is 365. The first-order chi connectivity index (χ1) is 7.63. The van der Waals surface area contributed by atoms with Gasteiger partial charge in [-0.15, -0.1) is 0 Å². The van der Waals surface area contributed by atoms with Crippen LogP contribution in [0.1, 0.15) is 19.0 Å². The van der Waals surface area contributed by atoms with Crippen LogP contribution in [0.3, 0.4) is 0 Å². The van der Waals surface area contributed by atoms with Gasteiger partial charge in [0.05, 0.1) is 11.4 Å². The van der Waals surface area contributed by atoms with Gasteiger partial charge in [-0.3, -0.25) is 4.79 Å². The van der Waals surface area contributed by atoms with Crippen molar-refractivity contribution >= 4 is 17.4 Å². The average Bonchev–Trinajstić information content (AvgIpc) is 2.24. The number of anilines is 2. The molecule has 0 spiro atoms. The molecule has 88 valence electrons. The van der Waals surface area contributed by atoms with Gasteiger partial charge in [-0.25, -0.2) is 4.98 Å². The highest BCUT2D eigenvalue weighted by atomic mass is 16.1. The maximum atomic E-state index is 11.2. The zero-order valence-corrected chi connectivity index (χ0v) is 9.71. The molecule has 0 radical (unpaired) electrons. The Hall–Kier alpha value is -1.78. The molecule has 1 rings (SSSR count). The first kappa shape index (κ1) is 12.3. The molecule has 1 amide bonds. The van der Waals surface area contributed by atoms with Crippen LogP contribution in [0.2, 0.25) is 0 Å². The summed E-state index contributed by atoms with van der Waals surface area (Å²) in [4.78, 5) is 15.4. The molecule has 1 aromatic rings. The summed E-state index contributed by atoms with van der Waals surface area (Å²) >= 11 is 0. The molecule has 4 N–H and O–H groups in total. The summed E-state index contributed by atoms with van der Waals surface area (Å²) in [5.41, 5.74) is 7.12. The van der Waals surface area contributed by atoms with Crippen molar-refractivity contribution in [2.75, 3.05) is 24.1 Å². The number of nitrogens with one attached hydrogen (secondary N) is 2. The minimum Gasteiger partial charge on any atom is -0.397 e. The van der Waals surface area contributed by atoms with Crippen molar-refractivity contribution in [3.63, 3.8) is 0 Å². The molecule has 5 nitrogen and oxygen atoms in total. The van der Waals surface area contributed by atoms with Crippen LogP contribution in [-0.2, 0) is 4.79 Å². The number of aromatic nitrogens is 1. The molecule has 1 heterocycles. The molecule has 0 aliphatic rings. The first-order valence-electron chi connectivity index (χ1n) is 5.37. The molecule has 0 bridgehead atoms. The van der Waals surface area contributed by atoms with E-state index in [9.17, 15) is 4.79 Å². The van der Waals surface area contributed by atoms with Crippen LogP contribution in [0.5, 0.6) is 0 Å². The summed E-state index contributed by atoms with van der Waals surface area (Å²) in [5, 5.41) is 5.81. The van der Waals surface area contributed by atoms with Crippen molar-refractivity contribution in [1.82, 2.24) is 10.3 Å². The predicted molar refractivity (Wildman–Crippen MR) is 65.2 cm³/mol. The van der Waals surface area contributed by atoms with Crippen molar-refractivity contribution in [3.05, 3.63) is 17.8 Å². The van der Waals surface area contributed by atoms with Crippen LogP contribution < -0.4 is 16.4 Å². The van der Waals surface area contributed by atoms with Crippen molar-refractivity contribution in [3.8, 4) is 0 Å². The molecule has 5 heteroatoms. The highest BCUT2D eigenvalue weighted by molar-refractivity contribution is 5.76. The van der Waals surface area contributed by atoms with Crippen molar-refractivity contribution in [2.45, 2.75) is 20.3 Å². The molecule has 0 aliphatic carbocycles. The maximum Gasteiger partial charge on any atom is 0.221 e. The number of carbonyl (C=O) groups excluding carboxylic acids is 1. The second kappa shape index (κ2) is 5.95. The number of carbonyl (C=O) groups is 1. The third kappa shape index (κ3) is 3.76. The smallest absolute Gasteiger partial charge is 0.221 e. The van der Waals surface area contributed by atoms with Gasteiger partial charge in [-0.2, -0.15) is 0 Å². The molecule has 16 heavy (non-hydrogen) atoms. The van der Waals surface area contributed by atoms with Gasteiger partial charge in [0.25, 0.3) is 0 Å². The van der Waals surface area contributed by atoms with E-state index in [0.717, 1.165) is 11.5 Å². The molecule has 0 aliphatic heterocycles. The Morgan fingerprint density at radius 2 is 2.25 bits per heavy atom. The Balaban J connectivity index is 2.37. The average molecular weight is 222 g/mol. The van der Waals surface area contributed by atoms with Gasteiger partial charge in [-0.05, 0) is 26.0 Å². The Morgan fingerprint density at radius 1 is 1.50 bits per heavy atom. The lowest BCUT2D eigenvalue weighted by Crippen LogP contribution is -2.24. The van der Waals surface area contributed by atoms with E-state index in [4.69, 9.17) is 5.73 Å². The SMILES string of the molecule is CCNC(=O)CCNc1ccc(N)c(C)n1. The topological polar surface area (TPSA) is 80.0 Å². The lowest BCUT2D eigenvalue weighted by Gasteiger charge is -2.07. The molecule has 0 fully saturated rings. The molecule has 0 aromatic carbocycles. The summed E-state index contributed by atoms with van der Waals surface area (Å²) in [6, 6.07) is 3.61. The van der Waals surface area contributed by atoms with Gasteiger partial charge in [0.15, 0.2) is 0 Å². The fraction of sp³-hybridized carbons (Fsp3) is 0.455. The summed E-state index contributed by atoms with van der Waals surface area (Å²) in [6.07, 6.45) is 0.443. The van der Waals surface area contributed by atoms with Gasteiger partial charge in [-0.1, -0.05) is 0 Å². The number of nitrogens with zero attached hydrogens (tertiary/aromatic N) is 1. The summed E-state index contributed by atoms with van der Waals surface area (Å²) in [7, 11) is 0. The van der Waals surface area contributed by atoms with Crippen LogP contribution in [0.15, 0.2) is 12.1 Å². The number of hydrogen-bond donors (Lipinski definition) is 3. The quantitative estimate of drug-likeness (QED) is 0.691. The highest BCUT2D eigenvalue weighted by Gasteiger charge is 2.00. The Labute approximate surface area is 95.4 Å². The van der Waals surface area contributed by atoms with Gasteiger partial charge >= 0.3 is 0 Å². The highest BCUT2D eigenvalue weighted by Crippen LogP contribution is 2.11.